The van der Waals surface area contributed by atoms with Gasteiger partial charge >= 0.3 is 0 Å². The van der Waals surface area contributed by atoms with Crippen molar-refractivity contribution in [3.63, 3.8) is 0 Å². The van der Waals surface area contributed by atoms with Crippen LogP contribution in [0.3, 0.4) is 0 Å². The van der Waals surface area contributed by atoms with Crippen LogP contribution in [0.2, 0.25) is 0 Å². The Bertz CT molecular complexity index is 607. The summed E-state index contributed by atoms with van der Waals surface area (Å²) >= 11 is 0. The van der Waals surface area contributed by atoms with Gasteiger partial charge in [-0.3, -0.25) is 0 Å². The van der Waals surface area contributed by atoms with Gasteiger partial charge in [0.25, 0.3) is 0 Å². The summed E-state index contributed by atoms with van der Waals surface area (Å²) in [7, 11) is -2.96. The molecule has 138 valence electrons. The highest BCUT2D eigenvalue weighted by molar-refractivity contribution is 7.63. The van der Waals surface area contributed by atoms with Gasteiger partial charge in [-0.05, 0) is 58.6 Å². The van der Waals surface area contributed by atoms with E-state index in [2.05, 4.69) is 50.0 Å². The summed E-state index contributed by atoms with van der Waals surface area (Å²) in [4.78, 5) is 14.3. The summed E-state index contributed by atoms with van der Waals surface area (Å²) in [6.45, 7) is 10.7. The zero-order valence-electron chi connectivity index (χ0n) is 16.2. The molecule has 1 saturated carbocycles. The normalized spacial score (nSPS) is 27.5. The first kappa shape index (κ1) is 19.0. The van der Waals surface area contributed by atoms with Gasteiger partial charge in [-0.25, -0.2) is 0 Å². The minimum Gasteiger partial charge on any atom is -0.630 e. The fourth-order valence-corrected chi connectivity index (χ4v) is 7.84. The number of rotatable bonds is 4. The van der Waals surface area contributed by atoms with Crippen molar-refractivity contribution in [2.75, 3.05) is 0 Å². The van der Waals surface area contributed by atoms with E-state index >= 15 is 0 Å². The lowest BCUT2D eigenvalue weighted by Gasteiger charge is -2.39. The molecule has 1 heterocycles. The fraction of sp³-hybridized carbons (Fsp3) is 0.650. The number of benzene rings is 1. The average Bonchev–Trinajstić information content (AvgIpc) is 2.82. The van der Waals surface area contributed by atoms with Gasteiger partial charge in [-0.2, -0.15) is 0 Å². The second-order valence-electron chi connectivity index (χ2n) is 7.98. The van der Waals surface area contributed by atoms with E-state index in [1.165, 1.54) is 18.4 Å². The summed E-state index contributed by atoms with van der Waals surface area (Å²) < 4.78 is 9.28. The summed E-state index contributed by atoms with van der Waals surface area (Å²) in [6, 6.07) is 9.37. The first-order valence-corrected chi connectivity index (χ1v) is 11.2. The third-order valence-corrected chi connectivity index (χ3v) is 8.71. The molecule has 0 amide bonds. The Morgan fingerprint density at radius 2 is 1.56 bits per heavy atom. The Labute approximate surface area is 153 Å². The number of nitrogens with zero attached hydrogens (tertiary/aromatic N) is 3. The molecule has 0 N–H and O–H groups in total. The molecular weight excluding hydrogens is 329 g/mol. The van der Waals surface area contributed by atoms with E-state index in [0.29, 0.717) is 12.1 Å². The third kappa shape index (κ3) is 3.42. The summed E-state index contributed by atoms with van der Waals surface area (Å²) in [6.07, 6.45) is 6.58. The highest BCUT2D eigenvalue weighted by Gasteiger charge is 2.61. The maximum atomic E-state index is 14.3. The zero-order valence-corrected chi connectivity index (χ0v) is 17.1. The molecule has 1 saturated heterocycles. The van der Waals surface area contributed by atoms with Gasteiger partial charge in [-0.1, -0.05) is 37.1 Å². The monoisotopic (exact) mass is 361 g/mol. The SMILES string of the molecule is Cc1ccccc1/C=N/[P+]1([O-])N(C(C)C)[C@H]2CCCC[C@@H]2N1C(C)C. The fourth-order valence-electron chi connectivity index (χ4n) is 4.57. The Kier molecular flexibility index (Phi) is 5.65. The van der Waals surface area contributed by atoms with Crippen LogP contribution in [0, 0.1) is 6.92 Å². The minimum atomic E-state index is -2.96. The highest BCUT2D eigenvalue weighted by Crippen LogP contribution is 2.69. The molecule has 0 aromatic heterocycles. The maximum absolute atomic E-state index is 14.3. The summed E-state index contributed by atoms with van der Waals surface area (Å²) in [5, 5.41) is 0. The van der Waals surface area contributed by atoms with E-state index in [4.69, 9.17) is 4.76 Å². The molecule has 0 radical (unpaired) electrons. The van der Waals surface area contributed by atoms with E-state index < -0.39 is 7.94 Å². The molecule has 0 unspecified atom stereocenters. The minimum absolute atomic E-state index is 0.231. The molecule has 1 aliphatic carbocycles. The molecule has 2 atom stereocenters. The molecule has 5 heteroatoms. The second kappa shape index (κ2) is 7.44. The largest absolute Gasteiger partial charge is 0.630 e. The smallest absolute Gasteiger partial charge is 0.238 e. The molecule has 2 fully saturated rings. The van der Waals surface area contributed by atoms with Gasteiger partial charge in [-0.15, -0.1) is 14.1 Å². The molecular formula is C20H32N3OP. The topological polar surface area (TPSA) is 41.9 Å². The van der Waals surface area contributed by atoms with Crippen molar-refractivity contribution >= 4 is 14.2 Å². The highest BCUT2D eigenvalue weighted by atomic mass is 31.2. The van der Waals surface area contributed by atoms with Crippen molar-refractivity contribution in [3.05, 3.63) is 35.4 Å². The number of hydrogen-bond acceptors (Lipinski definition) is 4. The first-order valence-electron chi connectivity index (χ1n) is 9.65. The zero-order chi connectivity index (χ0) is 18.2. The Hall–Kier alpha value is -0.800. The van der Waals surface area contributed by atoms with Crippen molar-refractivity contribution in [2.45, 2.75) is 84.5 Å². The van der Waals surface area contributed by atoms with E-state index in [-0.39, 0.29) is 12.1 Å². The number of hydrogen-bond donors (Lipinski definition) is 0. The quantitative estimate of drug-likeness (QED) is 0.596. The van der Waals surface area contributed by atoms with E-state index in [1.807, 2.05) is 24.4 Å². The van der Waals surface area contributed by atoms with Crippen LogP contribution in [0.5, 0.6) is 0 Å². The van der Waals surface area contributed by atoms with Gasteiger partial charge in [0.05, 0.1) is 18.3 Å². The summed E-state index contributed by atoms with van der Waals surface area (Å²) in [5.41, 5.74) is 2.22. The molecule has 25 heavy (non-hydrogen) atoms. The molecule has 3 rings (SSSR count). The van der Waals surface area contributed by atoms with Gasteiger partial charge in [0, 0.05) is 12.1 Å². The van der Waals surface area contributed by atoms with Crippen LogP contribution in [0.1, 0.15) is 64.5 Å². The predicted molar refractivity (Wildman–Crippen MR) is 106 cm³/mol. The van der Waals surface area contributed by atoms with Crippen molar-refractivity contribution in [1.29, 1.82) is 0 Å². The van der Waals surface area contributed by atoms with E-state index in [0.717, 1.165) is 18.4 Å². The second-order valence-corrected chi connectivity index (χ2v) is 10.2. The molecule has 4 nitrogen and oxygen atoms in total. The third-order valence-electron chi connectivity index (χ3n) is 5.57. The Balaban J connectivity index is 2.02. The Morgan fingerprint density at radius 1 is 1.04 bits per heavy atom. The van der Waals surface area contributed by atoms with Gasteiger partial charge in [0.2, 0.25) is 7.94 Å². The standard InChI is InChI=1S/C20H32N3OP/c1-15(2)22-19-12-8-9-13-20(19)23(16(3)4)25(22,24)21-14-18-11-7-6-10-17(18)5/h6-7,10-11,14-16,19-20H,8-9,12-13H2,1-5H3/b21-14+/t19-,20-/m0/s1. The van der Waals surface area contributed by atoms with Gasteiger partial charge in [0.15, 0.2) is 0 Å². The summed E-state index contributed by atoms with van der Waals surface area (Å²) in [5.74, 6) is 0. The number of fused-ring (bicyclic) bond motifs is 1. The molecule has 1 aromatic carbocycles. The maximum Gasteiger partial charge on any atom is 0.238 e. The lowest BCUT2D eigenvalue weighted by atomic mass is 9.89. The van der Waals surface area contributed by atoms with Crippen LogP contribution < -0.4 is 4.89 Å². The lowest BCUT2D eigenvalue weighted by molar-refractivity contribution is -0.193. The van der Waals surface area contributed by atoms with Crippen molar-refractivity contribution in [2.24, 2.45) is 4.76 Å². The van der Waals surface area contributed by atoms with Crippen LogP contribution in [-0.4, -0.2) is 39.7 Å². The average molecular weight is 361 g/mol. The number of aryl methyl sites for hydroxylation is 1. The molecule has 1 aliphatic heterocycles. The van der Waals surface area contributed by atoms with Gasteiger partial charge < -0.3 is 4.89 Å². The van der Waals surface area contributed by atoms with Crippen LogP contribution in [0.4, 0.5) is 0 Å². The molecule has 0 spiro atoms. The van der Waals surface area contributed by atoms with Crippen LogP contribution in [-0.2, 0) is 0 Å². The lowest BCUT2D eigenvalue weighted by Crippen LogP contribution is -2.43. The van der Waals surface area contributed by atoms with Crippen molar-refractivity contribution < 1.29 is 4.89 Å². The van der Waals surface area contributed by atoms with Crippen LogP contribution >= 0.6 is 7.94 Å². The molecule has 1 aromatic rings. The Morgan fingerprint density at radius 3 is 2.04 bits per heavy atom. The predicted octanol–water partition coefficient (Wildman–Crippen LogP) is 4.20. The van der Waals surface area contributed by atoms with Crippen LogP contribution in [0.25, 0.3) is 0 Å². The van der Waals surface area contributed by atoms with E-state index in [9.17, 15) is 4.89 Å². The molecule has 0 bridgehead atoms. The first-order chi connectivity index (χ1) is 11.9. The van der Waals surface area contributed by atoms with Crippen LogP contribution in [0.15, 0.2) is 29.0 Å². The van der Waals surface area contributed by atoms with E-state index in [1.54, 1.807) is 0 Å². The molecule has 2 aliphatic rings. The van der Waals surface area contributed by atoms with Crippen molar-refractivity contribution in [3.8, 4) is 0 Å². The van der Waals surface area contributed by atoms with Gasteiger partial charge in [0.1, 0.15) is 0 Å². The van der Waals surface area contributed by atoms with Crippen molar-refractivity contribution in [1.82, 2.24) is 9.34 Å².